The molecule has 3 N–H and O–H groups in total. The summed E-state index contributed by atoms with van der Waals surface area (Å²) in [4.78, 5) is 10.7. The zero-order valence-electron chi connectivity index (χ0n) is 17.1. The standard InChI is InChI=1S/C23H36O5/c1-28-23-14-13-21(25)18(11-12-20(24)16-7-3-2-4-8-16)19(23)15-17(23)9-5-6-10-22(26)27/h9,11-12,16,18-21,24-25H,2-8,10,13-15H2,1H3,(H,26,27)/b12-11+,17-9-. The largest absolute Gasteiger partial charge is 0.481 e. The van der Waals surface area contributed by atoms with Gasteiger partial charge in [0.1, 0.15) is 0 Å². The van der Waals surface area contributed by atoms with Crippen LogP contribution in [0.2, 0.25) is 0 Å². The van der Waals surface area contributed by atoms with Gasteiger partial charge in [0, 0.05) is 25.4 Å². The fourth-order valence-electron chi connectivity index (χ4n) is 5.60. The Morgan fingerprint density at radius 1 is 1.29 bits per heavy atom. The molecule has 0 saturated heterocycles. The van der Waals surface area contributed by atoms with Gasteiger partial charge in [-0.2, -0.15) is 0 Å². The van der Waals surface area contributed by atoms with E-state index in [1.165, 1.54) is 24.8 Å². The van der Waals surface area contributed by atoms with Crippen LogP contribution in [0.3, 0.4) is 0 Å². The van der Waals surface area contributed by atoms with E-state index < -0.39 is 18.2 Å². The minimum absolute atomic E-state index is 0.00288. The number of aliphatic hydroxyl groups is 2. The Hall–Kier alpha value is -1.17. The minimum Gasteiger partial charge on any atom is -0.481 e. The Kier molecular flexibility index (Phi) is 7.35. The minimum atomic E-state index is -0.756. The molecule has 28 heavy (non-hydrogen) atoms. The topological polar surface area (TPSA) is 87.0 Å². The molecule has 3 fully saturated rings. The summed E-state index contributed by atoms with van der Waals surface area (Å²) in [7, 11) is 1.74. The molecular weight excluding hydrogens is 356 g/mol. The van der Waals surface area contributed by atoms with E-state index in [-0.39, 0.29) is 23.9 Å². The van der Waals surface area contributed by atoms with Gasteiger partial charge in [-0.25, -0.2) is 0 Å². The zero-order chi connectivity index (χ0) is 20.1. The summed E-state index contributed by atoms with van der Waals surface area (Å²) < 4.78 is 5.98. The average molecular weight is 393 g/mol. The number of ether oxygens (including phenoxy) is 1. The smallest absolute Gasteiger partial charge is 0.303 e. The summed E-state index contributed by atoms with van der Waals surface area (Å²) in [5.74, 6) is -0.178. The predicted molar refractivity (Wildman–Crippen MR) is 108 cm³/mol. The van der Waals surface area contributed by atoms with E-state index in [0.717, 1.165) is 32.1 Å². The lowest BCUT2D eigenvalue weighted by molar-refractivity contribution is -0.140. The first-order chi connectivity index (χ1) is 13.5. The number of carboxylic acid groups (broad SMARTS) is 1. The van der Waals surface area contributed by atoms with E-state index in [1.54, 1.807) is 7.11 Å². The van der Waals surface area contributed by atoms with E-state index in [1.807, 2.05) is 12.2 Å². The van der Waals surface area contributed by atoms with Crippen LogP contribution >= 0.6 is 0 Å². The fourth-order valence-corrected chi connectivity index (χ4v) is 5.60. The Balaban J connectivity index is 1.64. The third kappa shape index (κ3) is 4.52. The molecule has 3 aliphatic rings. The molecule has 0 bridgehead atoms. The summed E-state index contributed by atoms with van der Waals surface area (Å²) in [5, 5.41) is 30.0. The number of fused-ring (bicyclic) bond motifs is 1. The van der Waals surface area contributed by atoms with Crippen LogP contribution in [0, 0.1) is 17.8 Å². The van der Waals surface area contributed by atoms with Crippen molar-refractivity contribution in [1.29, 1.82) is 0 Å². The van der Waals surface area contributed by atoms with Crippen LogP contribution in [-0.2, 0) is 9.53 Å². The third-order valence-corrected chi connectivity index (χ3v) is 7.32. The molecule has 0 radical (unpaired) electrons. The summed E-state index contributed by atoms with van der Waals surface area (Å²) in [6, 6.07) is 0. The second kappa shape index (κ2) is 9.55. The molecule has 158 valence electrons. The highest BCUT2D eigenvalue weighted by atomic mass is 16.5. The number of aliphatic carboxylic acids is 1. The maximum absolute atomic E-state index is 10.7. The SMILES string of the molecule is COC12CCC(O)C(/C=C/C(O)C3CCCCC3)C1C/C2=C/CCCC(=O)O. The molecule has 0 amide bonds. The molecule has 0 heterocycles. The van der Waals surface area contributed by atoms with Gasteiger partial charge in [0.05, 0.1) is 17.8 Å². The van der Waals surface area contributed by atoms with Crippen LogP contribution in [0.1, 0.15) is 70.6 Å². The average Bonchev–Trinajstić information content (AvgIpc) is 2.68. The first kappa shape index (κ1) is 21.5. The van der Waals surface area contributed by atoms with Crippen molar-refractivity contribution in [3.63, 3.8) is 0 Å². The van der Waals surface area contributed by atoms with Gasteiger partial charge >= 0.3 is 5.97 Å². The van der Waals surface area contributed by atoms with E-state index in [2.05, 4.69) is 6.08 Å². The quantitative estimate of drug-likeness (QED) is 0.431. The van der Waals surface area contributed by atoms with Crippen LogP contribution in [0.15, 0.2) is 23.8 Å². The predicted octanol–water partition coefficient (Wildman–Crippen LogP) is 3.84. The Morgan fingerprint density at radius 3 is 2.71 bits per heavy atom. The number of carboxylic acids is 1. The van der Waals surface area contributed by atoms with E-state index >= 15 is 0 Å². The lowest BCUT2D eigenvalue weighted by atomic mass is 9.53. The molecule has 3 saturated carbocycles. The van der Waals surface area contributed by atoms with Crippen molar-refractivity contribution in [2.75, 3.05) is 7.11 Å². The Labute approximate surface area is 168 Å². The van der Waals surface area contributed by atoms with Crippen molar-refractivity contribution in [1.82, 2.24) is 0 Å². The van der Waals surface area contributed by atoms with Crippen LogP contribution in [0.25, 0.3) is 0 Å². The highest BCUT2D eigenvalue weighted by molar-refractivity contribution is 5.66. The van der Waals surface area contributed by atoms with Gasteiger partial charge in [0.2, 0.25) is 0 Å². The van der Waals surface area contributed by atoms with E-state index in [4.69, 9.17) is 9.84 Å². The third-order valence-electron chi connectivity index (χ3n) is 7.32. The molecule has 3 aliphatic carbocycles. The molecule has 0 aromatic carbocycles. The van der Waals surface area contributed by atoms with Gasteiger partial charge in [-0.15, -0.1) is 0 Å². The highest BCUT2D eigenvalue weighted by Crippen LogP contribution is 2.57. The Morgan fingerprint density at radius 2 is 2.04 bits per heavy atom. The van der Waals surface area contributed by atoms with E-state index in [9.17, 15) is 15.0 Å². The summed E-state index contributed by atoms with van der Waals surface area (Å²) >= 11 is 0. The lowest BCUT2D eigenvalue weighted by Crippen LogP contribution is -2.59. The number of methoxy groups -OCH3 is 1. The maximum atomic E-state index is 10.7. The molecule has 5 nitrogen and oxygen atoms in total. The summed E-state index contributed by atoms with van der Waals surface area (Å²) in [6.45, 7) is 0. The molecule has 5 atom stereocenters. The van der Waals surface area contributed by atoms with Crippen molar-refractivity contribution in [3.8, 4) is 0 Å². The summed E-state index contributed by atoms with van der Waals surface area (Å²) in [6.07, 6.45) is 15.1. The van der Waals surface area contributed by atoms with Crippen molar-refractivity contribution < 1.29 is 24.9 Å². The van der Waals surface area contributed by atoms with Gasteiger partial charge < -0.3 is 20.1 Å². The molecule has 0 aromatic rings. The van der Waals surface area contributed by atoms with Crippen LogP contribution in [0.5, 0.6) is 0 Å². The number of carbonyl (C=O) groups is 1. The van der Waals surface area contributed by atoms with Crippen molar-refractivity contribution in [2.45, 2.75) is 88.4 Å². The normalized spacial score (nSPS) is 36.2. The zero-order valence-corrected chi connectivity index (χ0v) is 17.1. The van der Waals surface area contributed by atoms with Gasteiger partial charge in [0.25, 0.3) is 0 Å². The molecule has 0 spiro atoms. The number of aliphatic hydroxyl groups excluding tert-OH is 2. The number of unbranched alkanes of at least 4 members (excludes halogenated alkanes) is 1. The van der Waals surface area contributed by atoms with Crippen molar-refractivity contribution in [2.24, 2.45) is 17.8 Å². The van der Waals surface area contributed by atoms with Gasteiger partial charge in [-0.1, -0.05) is 37.5 Å². The number of allylic oxidation sites excluding steroid dienone is 1. The van der Waals surface area contributed by atoms with Gasteiger partial charge in [-0.3, -0.25) is 4.79 Å². The van der Waals surface area contributed by atoms with Gasteiger partial charge in [0.15, 0.2) is 0 Å². The summed E-state index contributed by atoms with van der Waals surface area (Å²) in [5.41, 5.74) is 0.927. The number of rotatable bonds is 8. The highest BCUT2D eigenvalue weighted by Gasteiger charge is 2.57. The number of hydrogen-bond acceptors (Lipinski definition) is 4. The second-order valence-electron chi connectivity index (χ2n) is 8.88. The van der Waals surface area contributed by atoms with Crippen molar-refractivity contribution >= 4 is 5.97 Å². The molecule has 5 unspecified atom stereocenters. The maximum Gasteiger partial charge on any atom is 0.303 e. The molecule has 3 rings (SSSR count). The fraction of sp³-hybridized carbons (Fsp3) is 0.783. The van der Waals surface area contributed by atoms with Crippen LogP contribution in [0.4, 0.5) is 0 Å². The molecule has 0 aliphatic heterocycles. The first-order valence-corrected chi connectivity index (χ1v) is 11.0. The molecular formula is C23H36O5. The van der Waals surface area contributed by atoms with Crippen LogP contribution < -0.4 is 0 Å². The van der Waals surface area contributed by atoms with Crippen LogP contribution in [-0.4, -0.2) is 46.2 Å². The molecule has 0 aromatic heterocycles. The second-order valence-corrected chi connectivity index (χ2v) is 8.88. The molecule has 5 heteroatoms. The lowest BCUT2D eigenvalue weighted by Gasteiger charge is -2.58. The number of hydrogen-bond donors (Lipinski definition) is 3. The Bertz CT molecular complexity index is 592. The first-order valence-electron chi connectivity index (χ1n) is 11.0. The monoisotopic (exact) mass is 392 g/mol. The van der Waals surface area contributed by atoms with Gasteiger partial charge in [-0.05, 0) is 56.4 Å². The van der Waals surface area contributed by atoms with E-state index in [0.29, 0.717) is 18.8 Å². The van der Waals surface area contributed by atoms with Crippen molar-refractivity contribution in [3.05, 3.63) is 23.8 Å².